The van der Waals surface area contributed by atoms with Gasteiger partial charge in [0.1, 0.15) is 10.6 Å². The van der Waals surface area contributed by atoms with E-state index in [-0.39, 0.29) is 5.91 Å². The van der Waals surface area contributed by atoms with Gasteiger partial charge in [0.25, 0.3) is 5.91 Å². The Morgan fingerprint density at radius 2 is 1.96 bits per heavy atom. The summed E-state index contributed by atoms with van der Waals surface area (Å²) in [6.07, 6.45) is 1.52. The molecular weight excluding hydrogens is 356 g/mol. The monoisotopic (exact) mass is 374 g/mol. The lowest BCUT2D eigenvalue weighted by molar-refractivity contribution is 0.102. The topological polar surface area (TPSA) is 77.0 Å². The third kappa shape index (κ3) is 3.69. The maximum absolute atomic E-state index is 12.5. The van der Waals surface area contributed by atoms with Crippen LogP contribution in [-0.2, 0) is 12.8 Å². The number of nitrogens with one attached hydrogen (secondary N) is 1. The number of carbonyl (C=O) groups excluding carboxylic acids is 1. The Bertz CT molecular complexity index is 871. The number of aromatic nitrogens is 3. The number of nitrogens with zero attached hydrogens (tertiary/aromatic N) is 3. The summed E-state index contributed by atoms with van der Waals surface area (Å²) < 4.78 is 9.06. The molecule has 6 nitrogen and oxygen atoms in total. The van der Waals surface area contributed by atoms with Crippen molar-refractivity contribution in [2.75, 3.05) is 12.4 Å². The SMILES string of the molecule is CCc1nnsc1C(=O)Nc1nc(-c2ccc(OC)cc2)c(CC)s1. The first kappa shape index (κ1) is 17.5. The van der Waals surface area contributed by atoms with Gasteiger partial charge in [0.15, 0.2) is 5.13 Å². The minimum atomic E-state index is -0.204. The molecule has 130 valence electrons. The average Bonchev–Trinajstić information content (AvgIpc) is 3.28. The van der Waals surface area contributed by atoms with E-state index in [1.54, 1.807) is 7.11 Å². The van der Waals surface area contributed by atoms with E-state index in [0.29, 0.717) is 22.1 Å². The summed E-state index contributed by atoms with van der Waals surface area (Å²) in [6, 6.07) is 7.76. The Balaban J connectivity index is 1.86. The molecule has 0 unspecified atom stereocenters. The third-order valence-corrected chi connectivity index (χ3v) is 5.58. The molecular formula is C17H18N4O2S2. The van der Waals surface area contributed by atoms with Crippen LogP contribution >= 0.6 is 22.9 Å². The fourth-order valence-electron chi connectivity index (χ4n) is 2.39. The zero-order valence-electron chi connectivity index (χ0n) is 14.2. The Labute approximate surface area is 154 Å². The zero-order chi connectivity index (χ0) is 17.8. The van der Waals surface area contributed by atoms with Crippen LogP contribution in [0.5, 0.6) is 5.75 Å². The van der Waals surface area contributed by atoms with Crippen LogP contribution in [-0.4, -0.2) is 27.6 Å². The van der Waals surface area contributed by atoms with Crippen molar-refractivity contribution in [2.45, 2.75) is 26.7 Å². The molecule has 2 aromatic heterocycles. The van der Waals surface area contributed by atoms with Crippen molar-refractivity contribution >= 4 is 33.9 Å². The van der Waals surface area contributed by atoms with Gasteiger partial charge in [-0.15, -0.1) is 16.4 Å². The quantitative estimate of drug-likeness (QED) is 0.704. The van der Waals surface area contributed by atoms with Crippen LogP contribution in [0.4, 0.5) is 5.13 Å². The molecule has 2 heterocycles. The van der Waals surface area contributed by atoms with Crippen LogP contribution in [0.15, 0.2) is 24.3 Å². The molecule has 25 heavy (non-hydrogen) atoms. The summed E-state index contributed by atoms with van der Waals surface area (Å²) in [7, 11) is 1.64. The molecule has 8 heteroatoms. The number of ether oxygens (including phenoxy) is 1. The van der Waals surface area contributed by atoms with E-state index < -0.39 is 0 Å². The van der Waals surface area contributed by atoms with Gasteiger partial charge in [-0.05, 0) is 48.6 Å². The number of aryl methyl sites for hydroxylation is 2. The van der Waals surface area contributed by atoms with Crippen LogP contribution in [0.1, 0.15) is 34.1 Å². The molecule has 0 saturated carbocycles. The number of hydrogen-bond donors (Lipinski definition) is 1. The number of methoxy groups -OCH3 is 1. The summed E-state index contributed by atoms with van der Waals surface area (Å²) in [5.41, 5.74) is 2.61. The average molecular weight is 374 g/mol. The van der Waals surface area contributed by atoms with E-state index >= 15 is 0 Å². The predicted molar refractivity (Wildman–Crippen MR) is 101 cm³/mol. The molecule has 0 spiro atoms. The minimum absolute atomic E-state index is 0.204. The van der Waals surface area contributed by atoms with Gasteiger partial charge in [0.05, 0.1) is 18.5 Å². The molecule has 0 aliphatic heterocycles. The smallest absolute Gasteiger partial charge is 0.271 e. The largest absolute Gasteiger partial charge is 0.497 e. The highest BCUT2D eigenvalue weighted by Gasteiger charge is 2.18. The highest BCUT2D eigenvalue weighted by molar-refractivity contribution is 7.16. The lowest BCUT2D eigenvalue weighted by Crippen LogP contribution is -2.12. The van der Waals surface area contributed by atoms with E-state index in [0.717, 1.165) is 39.8 Å². The molecule has 1 aromatic carbocycles. The van der Waals surface area contributed by atoms with Crippen molar-refractivity contribution < 1.29 is 9.53 Å². The summed E-state index contributed by atoms with van der Waals surface area (Å²) in [6.45, 7) is 4.03. The second kappa shape index (κ2) is 7.71. The molecule has 0 atom stereocenters. The van der Waals surface area contributed by atoms with E-state index in [2.05, 4.69) is 26.8 Å². The van der Waals surface area contributed by atoms with Crippen LogP contribution in [0.2, 0.25) is 0 Å². The summed E-state index contributed by atoms with van der Waals surface area (Å²) in [4.78, 5) is 18.7. The molecule has 3 rings (SSSR count). The normalized spacial score (nSPS) is 10.7. The molecule has 0 saturated heterocycles. The third-order valence-electron chi connectivity index (χ3n) is 3.70. The van der Waals surface area contributed by atoms with Crippen molar-refractivity contribution in [2.24, 2.45) is 0 Å². The lowest BCUT2D eigenvalue weighted by Gasteiger charge is -2.02. The fraction of sp³-hybridized carbons (Fsp3) is 0.294. The van der Waals surface area contributed by atoms with Gasteiger partial charge < -0.3 is 4.74 Å². The van der Waals surface area contributed by atoms with Crippen LogP contribution < -0.4 is 10.1 Å². The lowest BCUT2D eigenvalue weighted by atomic mass is 10.1. The van der Waals surface area contributed by atoms with Gasteiger partial charge in [-0.3, -0.25) is 10.1 Å². The fourth-order valence-corrected chi connectivity index (χ4v) is 3.95. The van der Waals surface area contributed by atoms with Crippen LogP contribution in [0.3, 0.4) is 0 Å². The van der Waals surface area contributed by atoms with Crippen molar-refractivity contribution in [3.63, 3.8) is 0 Å². The first-order valence-electron chi connectivity index (χ1n) is 7.92. The second-order valence-corrected chi connectivity index (χ2v) is 7.07. The highest BCUT2D eigenvalue weighted by atomic mass is 32.1. The summed E-state index contributed by atoms with van der Waals surface area (Å²) >= 11 is 2.60. The molecule has 3 aromatic rings. The van der Waals surface area contributed by atoms with Gasteiger partial charge in [-0.1, -0.05) is 18.3 Å². The molecule has 0 aliphatic rings. The predicted octanol–water partition coefficient (Wildman–Crippen LogP) is 4.05. The Kier molecular flexibility index (Phi) is 5.40. The molecule has 0 fully saturated rings. The number of carbonyl (C=O) groups is 1. The minimum Gasteiger partial charge on any atom is -0.497 e. The number of amides is 1. The first-order valence-corrected chi connectivity index (χ1v) is 9.51. The van der Waals surface area contributed by atoms with E-state index in [4.69, 9.17) is 4.74 Å². The summed E-state index contributed by atoms with van der Waals surface area (Å²) in [5.74, 6) is 0.597. The van der Waals surface area contributed by atoms with Crippen molar-refractivity contribution in [1.29, 1.82) is 0 Å². The second-order valence-electron chi connectivity index (χ2n) is 5.23. The molecule has 1 N–H and O–H groups in total. The van der Waals surface area contributed by atoms with E-state index in [1.807, 2.05) is 31.2 Å². The van der Waals surface area contributed by atoms with Gasteiger partial charge in [0, 0.05) is 10.4 Å². The van der Waals surface area contributed by atoms with Gasteiger partial charge in [0.2, 0.25) is 0 Å². The number of hydrogen-bond acceptors (Lipinski definition) is 7. The molecule has 1 amide bonds. The maximum Gasteiger partial charge on any atom is 0.271 e. The van der Waals surface area contributed by atoms with E-state index in [9.17, 15) is 4.79 Å². The van der Waals surface area contributed by atoms with Gasteiger partial charge in [-0.2, -0.15) is 0 Å². The Morgan fingerprint density at radius 3 is 2.60 bits per heavy atom. The molecule has 0 radical (unpaired) electrons. The van der Waals surface area contributed by atoms with Crippen LogP contribution in [0.25, 0.3) is 11.3 Å². The van der Waals surface area contributed by atoms with Crippen molar-refractivity contribution in [1.82, 2.24) is 14.6 Å². The maximum atomic E-state index is 12.5. The number of rotatable bonds is 6. The zero-order valence-corrected chi connectivity index (χ0v) is 15.8. The first-order chi connectivity index (χ1) is 12.2. The Hall–Kier alpha value is -2.32. The van der Waals surface area contributed by atoms with E-state index in [1.165, 1.54) is 11.3 Å². The Morgan fingerprint density at radius 1 is 1.20 bits per heavy atom. The van der Waals surface area contributed by atoms with Gasteiger partial charge >= 0.3 is 0 Å². The number of anilines is 1. The molecule has 0 bridgehead atoms. The summed E-state index contributed by atoms with van der Waals surface area (Å²) in [5, 5.41) is 7.45. The van der Waals surface area contributed by atoms with Crippen LogP contribution in [0, 0.1) is 0 Å². The van der Waals surface area contributed by atoms with Crippen molar-refractivity contribution in [3.05, 3.63) is 39.7 Å². The number of thiazole rings is 1. The standard InChI is InChI=1S/C17H18N4O2S2/c1-4-12-15(25-21-20-12)16(22)19-17-18-14(13(5-2)24-17)10-6-8-11(23-3)9-7-10/h6-9H,4-5H2,1-3H3,(H,18,19,22). The molecule has 0 aliphatic carbocycles. The number of benzene rings is 1. The van der Waals surface area contributed by atoms with Gasteiger partial charge in [-0.25, -0.2) is 4.98 Å². The highest BCUT2D eigenvalue weighted by Crippen LogP contribution is 2.32. The van der Waals surface area contributed by atoms with Crippen molar-refractivity contribution in [3.8, 4) is 17.0 Å².